The lowest BCUT2D eigenvalue weighted by atomic mass is 10.2. The molecular weight excluding hydrogens is 336 g/mol. The van der Waals surface area contributed by atoms with Gasteiger partial charge >= 0.3 is 5.97 Å². The number of anilines is 1. The Morgan fingerprint density at radius 3 is 3.08 bits per heavy atom. The van der Waals surface area contributed by atoms with Gasteiger partial charge in [0.05, 0.1) is 30.2 Å². The van der Waals surface area contributed by atoms with Crippen LogP contribution in [0, 0.1) is 0 Å². The van der Waals surface area contributed by atoms with E-state index in [0.29, 0.717) is 31.0 Å². The van der Waals surface area contributed by atoms with Crippen LogP contribution in [0.15, 0.2) is 24.5 Å². The smallest absolute Gasteiger partial charge is 0.339 e. The minimum atomic E-state index is -0.369. The van der Waals surface area contributed by atoms with Crippen molar-refractivity contribution in [1.82, 2.24) is 14.5 Å². The minimum absolute atomic E-state index is 0.151. The number of hydrogen-bond donors (Lipinski definition) is 1. The third kappa shape index (κ3) is 4.59. The molecule has 8 heteroatoms. The quantitative estimate of drug-likeness (QED) is 0.756. The summed E-state index contributed by atoms with van der Waals surface area (Å²) in [6.45, 7) is 3.86. The number of hydrogen-bond acceptors (Lipinski definition) is 7. The van der Waals surface area contributed by atoms with Gasteiger partial charge in [0, 0.05) is 25.5 Å². The lowest BCUT2D eigenvalue weighted by Gasteiger charge is -2.23. The summed E-state index contributed by atoms with van der Waals surface area (Å²) in [5.41, 5.74) is 7.56. The number of ether oxygens (including phenoxy) is 3. The molecule has 3 rings (SSSR count). The summed E-state index contributed by atoms with van der Waals surface area (Å²) in [6, 6.07) is 3.50. The van der Waals surface area contributed by atoms with Gasteiger partial charge in [0.2, 0.25) is 5.95 Å². The first-order valence-electron chi connectivity index (χ1n) is 8.86. The average Bonchev–Trinajstić information content (AvgIpc) is 3.07. The zero-order chi connectivity index (χ0) is 18.4. The van der Waals surface area contributed by atoms with Gasteiger partial charge in [-0.1, -0.05) is 0 Å². The highest BCUT2D eigenvalue weighted by Gasteiger charge is 2.17. The molecule has 1 aliphatic heterocycles. The van der Waals surface area contributed by atoms with Crippen LogP contribution < -0.4 is 5.73 Å². The van der Waals surface area contributed by atoms with Crippen molar-refractivity contribution in [2.75, 3.05) is 25.6 Å². The van der Waals surface area contributed by atoms with E-state index in [1.807, 2.05) is 4.57 Å². The Morgan fingerprint density at radius 1 is 1.46 bits per heavy atom. The number of aromatic nitrogens is 3. The Kier molecular flexibility index (Phi) is 6.19. The van der Waals surface area contributed by atoms with Crippen LogP contribution in [0.2, 0.25) is 0 Å². The fourth-order valence-corrected chi connectivity index (χ4v) is 2.88. The van der Waals surface area contributed by atoms with Crippen LogP contribution in [0.3, 0.4) is 0 Å². The van der Waals surface area contributed by atoms with Gasteiger partial charge in [-0.2, -0.15) is 0 Å². The topological polar surface area (TPSA) is 101 Å². The summed E-state index contributed by atoms with van der Waals surface area (Å²) in [7, 11) is 0. The first-order valence-corrected chi connectivity index (χ1v) is 8.86. The van der Waals surface area contributed by atoms with Gasteiger partial charge in [-0.05, 0) is 38.3 Å². The molecule has 0 radical (unpaired) electrons. The molecule has 0 amide bonds. The summed E-state index contributed by atoms with van der Waals surface area (Å²) in [5.74, 6) is -0.189. The van der Waals surface area contributed by atoms with E-state index in [9.17, 15) is 4.79 Å². The molecule has 1 saturated heterocycles. The molecule has 3 heterocycles. The molecule has 0 saturated carbocycles. The Bertz CT molecular complexity index is 741. The highest BCUT2D eigenvalue weighted by molar-refractivity contribution is 5.90. The van der Waals surface area contributed by atoms with E-state index in [4.69, 9.17) is 19.9 Å². The SMILES string of the molecule is CCOC(=O)c1cc(-c2ccnc(N)n2)n(CCOC2CCCCO2)c1. The maximum Gasteiger partial charge on any atom is 0.339 e. The van der Waals surface area contributed by atoms with Crippen LogP contribution in [-0.2, 0) is 20.8 Å². The molecule has 0 aromatic carbocycles. The third-order valence-corrected chi connectivity index (χ3v) is 4.12. The van der Waals surface area contributed by atoms with Crippen LogP contribution in [0.25, 0.3) is 11.4 Å². The van der Waals surface area contributed by atoms with E-state index < -0.39 is 0 Å². The van der Waals surface area contributed by atoms with E-state index in [0.717, 1.165) is 31.6 Å². The molecule has 1 fully saturated rings. The van der Waals surface area contributed by atoms with Gasteiger partial charge in [0.15, 0.2) is 6.29 Å². The molecule has 0 spiro atoms. The standard InChI is InChI=1S/C18H24N4O4/c1-2-24-17(23)13-11-15(14-6-7-20-18(19)21-14)22(12-13)8-10-26-16-5-3-4-9-25-16/h6-7,11-12,16H,2-5,8-10H2,1H3,(H2,19,20,21). The minimum Gasteiger partial charge on any atom is -0.462 e. The molecule has 2 N–H and O–H groups in total. The van der Waals surface area contributed by atoms with Gasteiger partial charge in [-0.15, -0.1) is 0 Å². The number of carbonyl (C=O) groups excluding carboxylic acids is 1. The number of nitrogens with two attached hydrogens (primary N) is 1. The first kappa shape index (κ1) is 18.3. The molecule has 8 nitrogen and oxygen atoms in total. The Balaban J connectivity index is 1.76. The number of esters is 1. The van der Waals surface area contributed by atoms with Gasteiger partial charge < -0.3 is 24.5 Å². The summed E-state index contributed by atoms with van der Waals surface area (Å²) >= 11 is 0. The normalized spacial score (nSPS) is 17.2. The highest BCUT2D eigenvalue weighted by Crippen LogP contribution is 2.22. The van der Waals surface area contributed by atoms with Crippen molar-refractivity contribution in [2.24, 2.45) is 0 Å². The Morgan fingerprint density at radius 2 is 2.35 bits per heavy atom. The lowest BCUT2D eigenvalue weighted by Crippen LogP contribution is -2.24. The van der Waals surface area contributed by atoms with E-state index in [1.54, 1.807) is 31.5 Å². The van der Waals surface area contributed by atoms with Crippen molar-refractivity contribution in [3.8, 4) is 11.4 Å². The maximum absolute atomic E-state index is 12.1. The van der Waals surface area contributed by atoms with Crippen molar-refractivity contribution < 1.29 is 19.0 Å². The maximum atomic E-state index is 12.1. The van der Waals surface area contributed by atoms with Crippen molar-refractivity contribution >= 4 is 11.9 Å². The molecule has 1 unspecified atom stereocenters. The van der Waals surface area contributed by atoms with E-state index in [1.165, 1.54) is 0 Å². The summed E-state index contributed by atoms with van der Waals surface area (Å²) in [5, 5.41) is 0. The largest absolute Gasteiger partial charge is 0.462 e. The van der Waals surface area contributed by atoms with E-state index in [-0.39, 0.29) is 18.2 Å². The summed E-state index contributed by atoms with van der Waals surface area (Å²) in [4.78, 5) is 20.2. The van der Waals surface area contributed by atoms with Crippen molar-refractivity contribution in [2.45, 2.75) is 39.0 Å². The Labute approximate surface area is 152 Å². The predicted octanol–water partition coefficient (Wildman–Crippen LogP) is 2.25. The lowest BCUT2D eigenvalue weighted by molar-refractivity contribution is -0.163. The summed E-state index contributed by atoms with van der Waals surface area (Å²) in [6.07, 6.45) is 6.30. The first-order chi connectivity index (χ1) is 12.7. The number of nitrogens with zero attached hydrogens (tertiary/aromatic N) is 3. The second-order valence-corrected chi connectivity index (χ2v) is 5.99. The molecule has 0 aliphatic carbocycles. The van der Waals surface area contributed by atoms with Crippen molar-refractivity contribution in [3.63, 3.8) is 0 Å². The van der Waals surface area contributed by atoms with Gasteiger partial charge in [-0.25, -0.2) is 14.8 Å². The predicted molar refractivity (Wildman–Crippen MR) is 95.4 cm³/mol. The molecule has 2 aromatic rings. The molecule has 1 aliphatic rings. The highest BCUT2D eigenvalue weighted by atomic mass is 16.7. The molecule has 140 valence electrons. The zero-order valence-electron chi connectivity index (χ0n) is 14.9. The second-order valence-electron chi connectivity index (χ2n) is 5.99. The van der Waals surface area contributed by atoms with Gasteiger partial charge in [0.1, 0.15) is 0 Å². The zero-order valence-corrected chi connectivity index (χ0v) is 14.9. The van der Waals surface area contributed by atoms with Crippen LogP contribution in [-0.4, -0.2) is 46.6 Å². The average molecular weight is 360 g/mol. The molecular formula is C18H24N4O4. The molecule has 1 atom stereocenters. The Hall–Kier alpha value is -2.45. The van der Waals surface area contributed by atoms with Gasteiger partial charge in [0.25, 0.3) is 0 Å². The van der Waals surface area contributed by atoms with E-state index >= 15 is 0 Å². The molecule has 26 heavy (non-hydrogen) atoms. The molecule has 0 bridgehead atoms. The fraction of sp³-hybridized carbons (Fsp3) is 0.500. The van der Waals surface area contributed by atoms with Crippen molar-refractivity contribution in [3.05, 3.63) is 30.1 Å². The van der Waals surface area contributed by atoms with Gasteiger partial charge in [-0.3, -0.25) is 0 Å². The van der Waals surface area contributed by atoms with Crippen LogP contribution in [0.5, 0.6) is 0 Å². The number of carbonyl (C=O) groups is 1. The van der Waals surface area contributed by atoms with Crippen LogP contribution >= 0.6 is 0 Å². The van der Waals surface area contributed by atoms with Crippen molar-refractivity contribution in [1.29, 1.82) is 0 Å². The second kappa shape index (κ2) is 8.77. The third-order valence-electron chi connectivity index (χ3n) is 4.12. The van der Waals surface area contributed by atoms with Crippen LogP contribution in [0.1, 0.15) is 36.5 Å². The fourth-order valence-electron chi connectivity index (χ4n) is 2.88. The number of nitrogen functional groups attached to an aromatic ring is 1. The van der Waals surface area contributed by atoms with E-state index in [2.05, 4.69) is 9.97 Å². The monoisotopic (exact) mass is 360 g/mol. The van der Waals surface area contributed by atoms with Crippen LogP contribution in [0.4, 0.5) is 5.95 Å². The molecule has 2 aromatic heterocycles. The number of rotatable bonds is 7. The summed E-state index contributed by atoms with van der Waals surface area (Å²) < 4.78 is 18.4.